The van der Waals surface area contributed by atoms with Crippen LogP contribution in [0.1, 0.15) is 5.56 Å². The normalized spacial score (nSPS) is 10.8. The van der Waals surface area contributed by atoms with Crippen LogP contribution in [0, 0.1) is 0 Å². The summed E-state index contributed by atoms with van der Waals surface area (Å²) < 4.78 is 0. The summed E-state index contributed by atoms with van der Waals surface area (Å²) in [6.07, 6.45) is 0. The molecule has 0 fully saturated rings. The van der Waals surface area contributed by atoms with Crippen LogP contribution < -0.4 is 0 Å². The molecule has 0 spiro atoms. The van der Waals surface area contributed by atoms with Crippen molar-refractivity contribution in [2.75, 3.05) is 0 Å². The summed E-state index contributed by atoms with van der Waals surface area (Å²) >= 11 is 1.46. The van der Waals surface area contributed by atoms with Gasteiger partial charge in [-0.05, 0) is 41.6 Å². The van der Waals surface area contributed by atoms with Crippen LogP contribution >= 0.6 is 11.8 Å². The lowest BCUT2D eigenvalue weighted by Gasteiger charge is -2.02. The lowest BCUT2D eigenvalue weighted by Crippen LogP contribution is -1.92. The van der Waals surface area contributed by atoms with Crippen molar-refractivity contribution in [2.45, 2.75) is 16.7 Å². The Balaban J connectivity index is 1.87. The number of hydrogen-bond acceptors (Lipinski definition) is 5. The Morgan fingerprint density at radius 1 is 0.895 bits per heavy atom. The maximum atomic E-state index is 9.00. The third-order valence-electron chi connectivity index (χ3n) is 2.66. The van der Waals surface area contributed by atoms with Gasteiger partial charge in [0, 0.05) is 4.90 Å². The maximum absolute atomic E-state index is 9.00. The first-order chi connectivity index (χ1) is 9.35. The second-order valence-electron chi connectivity index (χ2n) is 3.99. The molecular weight excluding hydrogens is 258 g/mol. The standard InChI is InChI=1S/C14H11N3OS/c18-9-10-5-7-11(8-6-10)19-14-15-12-3-1-2-4-13(12)16-17-14/h1-8,18H,9H2. The highest BCUT2D eigenvalue weighted by molar-refractivity contribution is 7.99. The number of benzene rings is 2. The zero-order valence-electron chi connectivity index (χ0n) is 10.0. The molecule has 0 atom stereocenters. The van der Waals surface area contributed by atoms with Crippen LogP contribution in [0.3, 0.4) is 0 Å². The Kier molecular flexibility index (Phi) is 3.39. The fourth-order valence-corrected chi connectivity index (χ4v) is 2.39. The van der Waals surface area contributed by atoms with E-state index in [-0.39, 0.29) is 6.61 Å². The molecule has 0 aliphatic rings. The summed E-state index contributed by atoms with van der Waals surface area (Å²) in [7, 11) is 0. The molecule has 4 nitrogen and oxygen atoms in total. The highest BCUT2D eigenvalue weighted by Gasteiger charge is 2.03. The number of aliphatic hydroxyl groups excluding tert-OH is 1. The van der Waals surface area contributed by atoms with Crippen molar-refractivity contribution in [3.63, 3.8) is 0 Å². The van der Waals surface area contributed by atoms with E-state index in [2.05, 4.69) is 15.2 Å². The van der Waals surface area contributed by atoms with Crippen LogP contribution in [0.5, 0.6) is 0 Å². The van der Waals surface area contributed by atoms with E-state index in [0.29, 0.717) is 5.16 Å². The smallest absolute Gasteiger partial charge is 0.214 e. The van der Waals surface area contributed by atoms with Gasteiger partial charge in [-0.15, -0.1) is 10.2 Å². The predicted molar refractivity (Wildman–Crippen MR) is 73.8 cm³/mol. The van der Waals surface area contributed by atoms with Crippen molar-refractivity contribution in [3.8, 4) is 0 Å². The second-order valence-corrected chi connectivity index (χ2v) is 5.03. The van der Waals surface area contributed by atoms with Gasteiger partial charge in [0.25, 0.3) is 0 Å². The Morgan fingerprint density at radius 2 is 1.63 bits per heavy atom. The van der Waals surface area contributed by atoms with E-state index in [1.807, 2.05) is 48.5 Å². The van der Waals surface area contributed by atoms with Gasteiger partial charge in [0.05, 0.1) is 12.1 Å². The van der Waals surface area contributed by atoms with Gasteiger partial charge in [-0.2, -0.15) is 0 Å². The Bertz CT molecular complexity index is 700. The van der Waals surface area contributed by atoms with Crippen LogP contribution in [0.15, 0.2) is 58.6 Å². The first kappa shape index (κ1) is 12.1. The first-order valence-electron chi connectivity index (χ1n) is 5.82. The summed E-state index contributed by atoms with van der Waals surface area (Å²) in [5, 5.41) is 17.9. The fourth-order valence-electron chi connectivity index (χ4n) is 1.68. The lowest BCUT2D eigenvalue weighted by molar-refractivity contribution is 0.282. The average molecular weight is 269 g/mol. The summed E-state index contributed by atoms with van der Waals surface area (Å²) in [5.41, 5.74) is 2.52. The fraction of sp³-hybridized carbons (Fsp3) is 0.0714. The highest BCUT2D eigenvalue weighted by Crippen LogP contribution is 2.25. The van der Waals surface area contributed by atoms with Crippen molar-refractivity contribution < 1.29 is 5.11 Å². The van der Waals surface area contributed by atoms with Crippen LogP contribution in [-0.2, 0) is 6.61 Å². The largest absolute Gasteiger partial charge is 0.392 e. The van der Waals surface area contributed by atoms with Gasteiger partial charge in [-0.1, -0.05) is 24.3 Å². The molecule has 0 aliphatic carbocycles. The van der Waals surface area contributed by atoms with E-state index >= 15 is 0 Å². The number of para-hydroxylation sites is 1. The molecular formula is C14H11N3OS. The molecule has 0 bridgehead atoms. The van der Waals surface area contributed by atoms with Crippen molar-refractivity contribution in [3.05, 3.63) is 54.1 Å². The molecule has 94 valence electrons. The molecule has 0 saturated carbocycles. The number of hydrogen-bond donors (Lipinski definition) is 1. The number of aliphatic hydroxyl groups is 1. The lowest BCUT2D eigenvalue weighted by atomic mass is 10.2. The number of nitrogens with zero attached hydrogens (tertiary/aromatic N) is 3. The van der Waals surface area contributed by atoms with Crippen LogP contribution in [-0.4, -0.2) is 20.3 Å². The number of aromatic nitrogens is 3. The summed E-state index contributed by atoms with van der Waals surface area (Å²) in [5.74, 6) is 0. The van der Waals surface area contributed by atoms with Crippen LogP contribution in [0.25, 0.3) is 11.0 Å². The minimum Gasteiger partial charge on any atom is -0.392 e. The molecule has 3 aromatic rings. The summed E-state index contributed by atoms with van der Waals surface area (Å²) in [6, 6.07) is 15.3. The zero-order chi connectivity index (χ0) is 13.1. The predicted octanol–water partition coefficient (Wildman–Crippen LogP) is 2.67. The topological polar surface area (TPSA) is 58.9 Å². The molecule has 0 unspecified atom stereocenters. The quantitative estimate of drug-likeness (QED) is 0.792. The van der Waals surface area contributed by atoms with Gasteiger partial charge in [0.15, 0.2) is 0 Å². The molecule has 19 heavy (non-hydrogen) atoms. The molecule has 0 amide bonds. The van der Waals surface area contributed by atoms with Crippen molar-refractivity contribution in [1.82, 2.24) is 15.2 Å². The molecule has 3 rings (SSSR count). The van der Waals surface area contributed by atoms with Crippen LogP contribution in [0.4, 0.5) is 0 Å². The minimum atomic E-state index is 0.0545. The Labute approximate surface area is 114 Å². The average Bonchev–Trinajstić information content (AvgIpc) is 2.48. The van der Waals surface area contributed by atoms with Gasteiger partial charge in [0.1, 0.15) is 5.52 Å². The molecule has 1 aromatic heterocycles. The molecule has 1 N–H and O–H groups in total. The van der Waals surface area contributed by atoms with Gasteiger partial charge >= 0.3 is 0 Å². The van der Waals surface area contributed by atoms with Crippen LogP contribution in [0.2, 0.25) is 0 Å². The molecule has 0 saturated heterocycles. The molecule has 1 heterocycles. The number of rotatable bonds is 3. The SMILES string of the molecule is OCc1ccc(Sc2nnc3ccccc3n2)cc1. The summed E-state index contributed by atoms with van der Waals surface area (Å²) in [6.45, 7) is 0.0545. The Morgan fingerprint density at radius 3 is 2.37 bits per heavy atom. The Hall–Kier alpha value is -1.98. The third-order valence-corrected chi connectivity index (χ3v) is 3.52. The van der Waals surface area contributed by atoms with E-state index in [4.69, 9.17) is 5.11 Å². The first-order valence-corrected chi connectivity index (χ1v) is 6.64. The minimum absolute atomic E-state index is 0.0545. The molecule has 5 heteroatoms. The van der Waals surface area contributed by atoms with Crippen molar-refractivity contribution in [1.29, 1.82) is 0 Å². The molecule has 2 aromatic carbocycles. The van der Waals surface area contributed by atoms with Crippen molar-refractivity contribution >= 4 is 22.8 Å². The zero-order valence-corrected chi connectivity index (χ0v) is 10.8. The van der Waals surface area contributed by atoms with Gasteiger partial charge in [0.2, 0.25) is 5.16 Å². The number of fused-ring (bicyclic) bond motifs is 1. The highest BCUT2D eigenvalue weighted by atomic mass is 32.2. The monoisotopic (exact) mass is 269 g/mol. The third kappa shape index (κ3) is 2.72. The van der Waals surface area contributed by atoms with Gasteiger partial charge in [-0.3, -0.25) is 0 Å². The second kappa shape index (κ2) is 5.34. The van der Waals surface area contributed by atoms with E-state index in [9.17, 15) is 0 Å². The van der Waals surface area contributed by atoms with Crippen molar-refractivity contribution in [2.24, 2.45) is 0 Å². The summed E-state index contributed by atoms with van der Waals surface area (Å²) in [4.78, 5) is 5.48. The van der Waals surface area contributed by atoms with E-state index in [0.717, 1.165) is 21.5 Å². The van der Waals surface area contributed by atoms with Gasteiger partial charge < -0.3 is 5.11 Å². The maximum Gasteiger partial charge on any atom is 0.214 e. The van der Waals surface area contributed by atoms with E-state index in [1.165, 1.54) is 11.8 Å². The van der Waals surface area contributed by atoms with E-state index in [1.54, 1.807) is 0 Å². The van der Waals surface area contributed by atoms with Gasteiger partial charge in [-0.25, -0.2) is 4.98 Å². The van der Waals surface area contributed by atoms with E-state index < -0.39 is 0 Å². The molecule has 0 aliphatic heterocycles. The molecule has 0 radical (unpaired) electrons.